The van der Waals surface area contributed by atoms with E-state index in [2.05, 4.69) is 21.8 Å². The number of aliphatic hydroxyl groups is 1. The lowest BCUT2D eigenvalue weighted by atomic mass is 9.83. The van der Waals surface area contributed by atoms with E-state index in [0.717, 1.165) is 30.4 Å². The van der Waals surface area contributed by atoms with Crippen LogP contribution in [0, 0.1) is 0 Å². The molecule has 1 N–H and O–H groups in total. The normalized spacial score (nSPS) is 20.4. The Morgan fingerprint density at radius 2 is 1.91 bits per heavy atom. The van der Waals surface area contributed by atoms with Crippen molar-refractivity contribution in [2.45, 2.75) is 57.3 Å². The molecule has 1 amide bonds. The fourth-order valence-corrected chi connectivity index (χ4v) is 4.50. The number of rotatable bonds is 6. The molecule has 1 aliphatic heterocycles. The Morgan fingerprint density at radius 1 is 1.18 bits per heavy atom. The van der Waals surface area contributed by atoms with E-state index in [-0.39, 0.29) is 24.6 Å². The smallest absolute Gasteiger partial charge is 0.322 e. The molecule has 0 radical (unpaired) electrons. The largest absolute Gasteiger partial charge is 0.447 e. The van der Waals surface area contributed by atoms with Crippen LogP contribution < -0.4 is 9.64 Å². The van der Waals surface area contributed by atoms with Crippen LogP contribution in [0.1, 0.15) is 44.6 Å². The highest BCUT2D eigenvalue weighted by atomic mass is 16.5. The van der Waals surface area contributed by atoms with Gasteiger partial charge in [0, 0.05) is 26.2 Å². The Bertz CT molecular complexity index is 960. The van der Waals surface area contributed by atoms with Gasteiger partial charge in [-0.05, 0) is 38.2 Å². The number of anilines is 1. The van der Waals surface area contributed by atoms with Gasteiger partial charge in [-0.25, -0.2) is 0 Å². The maximum atomic E-state index is 13.2. The van der Waals surface area contributed by atoms with Crippen molar-refractivity contribution in [3.05, 3.63) is 29.8 Å². The van der Waals surface area contributed by atoms with E-state index in [4.69, 9.17) is 14.5 Å². The summed E-state index contributed by atoms with van der Waals surface area (Å²) in [7, 11) is 3.51. The Morgan fingerprint density at radius 3 is 2.55 bits per heavy atom. The predicted molar refractivity (Wildman–Crippen MR) is 124 cm³/mol. The number of carbonyl (C=O) groups excluding carboxylic acids is 1. The maximum absolute atomic E-state index is 13.2. The van der Waals surface area contributed by atoms with Gasteiger partial charge >= 0.3 is 6.01 Å². The fraction of sp³-hybridized carbons (Fsp3) is 0.583. The summed E-state index contributed by atoms with van der Waals surface area (Å²) in [5.74, 6) is 0.930. The van der Waals surface area contributed by atoms with Crippen molar-refractivity contribution < 1.29 is 19.4 Å². The summed E-state index contributed by atoms with van der Waals surface area (Å²) >= 11 is 0. The van der Waals surface area contributed by atoms with Gasteiger partial charge in [-0.15, -0.1) is 0 Å². The van der Waals surface area contributed by atoms with Gasteiger partial charge in [0.1, 0.15) is 0 Å². The van der Waals surface area contributed by atoms with Crippen molar-refractivity contribution in [3.63, 3.8) is 0 Å². The highest BCUT2D eigenvalue weighted by Crippen LogP contribution is 2.34. The molecule has 1 saturated carbocycles. The number of hydrogen-bond donors (Lipinski definition) is 1. The molecule has 1 saturated heterocycles. The summed E-state index contributed by atoms with van der Waals surface area (Å²) in [4.78, 5) is 30.9. The summed E-state index contributed by atoms with van der Waals surface area (Å²) in [6, 6.07) is 7.70. The molecule has 1 aliphatic carbocycles. The van der Waals surface area contributed by atoms with Crippen molar-refractivity contribution in [1.82, 2.24) is 19.9 Å². The molecule has 2 heterocycles. The monoisotopic (exact) mass is 455 g/mol. The number of amides is 1. The Balaban J connectivity index is 1.75. The zero-order valence-electron chi connectivity index (χ0n) is 19.7. The molecule has 9 heteroatoms. The highest BCUT2D eigenvalue weighted by Gasteiger charge is 2.44. The average Bonchev–Trinajstić information content (AvgIpc) is 2.84. The van der Waals surface area contributed by atoms with Crippen LogP contribution in [0.4, 0.5) is 5.95 Å². The Labute approximate surface area is 194 Å². The van der Waals surface area contributed by atoms with Gasteiger partial charge in [0.15, 0.2) is 11.4 Å². The minimum Gasteiger partial charge on any atom is -0.447 e. The van der Waals surface area contributed by atoms with Gasteiger partial charge in [-0.3, -0.25) is 4.79 Å². The lowest BCUT2D eigenvalue weighted by Gasteiger charge is -2.37. The third kappa shape index (κ3) is 5.09. The fourth-order valence-electron chi connectivity index (χ4n) is 4.50. The molecule has 0 bridgehead atoms. The highest BCUT2D eigenvalue weighted by molar-refractivity contribution is 5.85. The third-order valence-electron chi connectivity index (χ3n) is 6.37. The Hall–Kier alpha value is -2.78. The summed E-state index contributed by atoms with van der Waals surface area (Å²) in [6.07, 6.45) is 4.21. The van der Waals surface area contributed by atoms with Crippen LogP contribution in [0.15, 0.2) is 24.3 Å². The van der Waals surface area contributed by atoms with Gasteiger partial charge in [-0.2, -0.15) is 15.0 Å². The molecule has 178 valence electrons. The Kier molecular flexibility index (Phi) is 7.09. The molecule has 2 fully saturated rings. The average molecular weight is 456 g/mol. The zero-order chi connectivity index (χ0) is 23.4. The number of likely N-dealkylation sites (N-methyl/N-ethyl adjacent to an activating group) is 1. The van der Waals surface area contributed by atoms with Gasteiger partial charge < -0.3 is 24.4 Å². The molecule has 1 aromatic heterocycles. The second-order valence-corrected chi connectivity index (χ2v) is 9.07. The van der Waals surface area contributed by atoms with Crippen LogP contribution in [-0.4, -0.2) is 76.4 Å². The van der Waals surface area contributed by atoms with Crippen molar-refractivity contribution in [2.75, 3.05) is 38.8 Å². The first-order chi connectivity index (χ1) is 15.9. The number of hydrogen-bond acceptors (Lipinski definition) is 8. The van der Waals surface area contributed by atoms with E-state index in [1.807, 2.05) is 24.3 Å². The lowest BCUT2D eigenvalue weighted by molar-refractivity contribution is -0.149. The van der Waals surface area contributed by atoms with Crippen molar-refractivity contribution >= 4 is 11.9 Å². The SMILES string of the molecule is CC1COCCN1c1nc(OC2(C(=O)N(C)C)CCCCC2)nc(-c2ccc(CO)cc2)n1. The van der Waals surface area contributed by atoms with Gasteiger partial charge in [-0.1, -0.05) is 30.7 Å². The number of ether oxygens (including phenoxy) is 2. The first-order valence-corrected chi connectivity index (χ1v) is 11.6. The number of morpholine rings is 1. The maximum Gasteiger partial charge on any atom is 0.322 e. The van der Waals surface area contributed by atoms with Gasteiger partial charge in [0.2, 0.25) is 5.95 Å². The number of aromatic nitrogens is 3. The molecular formula is C24H33N5O4. The summed E-state index contributed by atoms with van der Waals surface area (Å²) in [5.41, 5.74) is 0.636. The number of benzene rings is 1. The van der Waals surface area contributed by atoms with Crippen molar-refractivity contribution in [1.29, 1.82) is 0 Å². The molecule has 2 aromatic rings. The van der Waals surface area contributed by atoms with Crippen LogP contribution in [0.25, 0.3) is 11.4 Å². The second kappa shape index (κ2) is 10.0. The molecule has 0 spiro atoms. The quantitative estimate of drug-likeness (QED) is 0.709. The summed E-state index contributed by atoms with van der Waals surface area (Å²) < 4.78 is 12.0. The third-order valence-corrected chi connectivity index (χ3v) is 6.37. The number of carbonyl (C=O) groups is 1. The molecular weight excluding hydrogens is 422 g/mol. The molecule has 33 heavy (non-hydrogen) atoms. The molecule has 4 rings (SSSR count). The molecule has 1 unspecified atom stereocenters. The lowest BCUT2D eigenvalue weighted by Crippen LogP contribution is -2.52. The van der Waals surface area contributed by atoms with Gasteiger partial charge in [0.05, 0.1) is 25.9 Å². The second-order valence-electron chi connectivity index (χ2n) is 9.07. The van der Waals surface area contributed by atoms with E-state index in [0.29, 0.717) is 44.4 Å². The first-order valence-electron chi connectivity index (χ1n) is 11.6. The number of aliphatic hydroxyl groups excluding tert-OH is 1. The summed E-state index contributed by atoms with van der Waals surface area (Å²) in [6.45, 7) is 3.88. The molecule has 9 nitrogen and oxygen atoms in total. The minimum atomic E-state index is -0.963. The van der Waals surface area contributed by atoms with Crippen molar-refractivity contribution in [3.8, 4) is 17.4 Å². The van der Waals surface area contributed by atoms with Crippen LogP contribution in [-0.2, 0) is 16.1 Å². The van der Waals surface area contributed by atoms with Crippen LogP contribution in [0.3, 0.4) is 0 Å². The van der Waals surface area contributed by atoms with Crippen LogP contribution >= 0.6 is 0 Å². The van der Waals surface area contributed by atoms with E-state index in [1.165, 1.54) is 0 Å². The van der Waals surface area contributed by atoms with E-state index >= 15 is 0 Å². The van der Waals surface area contributed by atoms with Crippen LogP contribution in [0.2, 0.25) is 0 Å². The molecule has 2 aliphatic rings. The van der Waals surface area contributed by atoms with Crippen molar-refractivity contribution in [2.24, 2.45) is 0 Å². The first kappa shape index (κ1) is 23.4. The zero-order valence-corrected chi connectivity index (χ0v) is 19.7. The predicted octanol–water partition coefficient (Wildman–Crippen LogP) is 2.43. The molecule has 1 atom stereocenters. The van der Waals surface area contributed by atoms with E-state index in [9.17, 15) is 9.90 Å². The topological polar surface area (TPSA) is 101 Å². The van der Waals surface area contributed by atoms with E-state index < -0.39 is 5.60 Å². The number of nitrogens with zero attached hydrogens (tertiary/aromatic N) is 5. The van der Waals surface area contributed by atoms with Crippen LogP contribution in [0.5, 0.6) is 6.01 Å². The summed E-state index contributed by atoms with van der Waals surface area (Å²) in [5, 5.41) is 9.38. The van der Waals surface area contributed by atoms with Gasteiger partial charge in [0.25, 0.3) is 5.91 Å². The standard InChI is InChI=1S/C24H33N5O4/c1-17-16-32-14-13-29(17)22-25-20(19-9-7-18(15-30)8-10-19)26-23(27-22)33-24(21(31)28(2)3)11-5-4-6-12-24/h7-10,17,30H,4-6,11-16H2,1-3H3. The minimum absolute atomic E-state index is 0.0302. The van der Waals surface area contributed by atoms with E-state index in [1.54, 1.807) is 19.0 Å². The molecule has 1 aromatic carbocycles.